The molecule has 0 spiro atoms. The highest BCUT2D eigenvalue weighted by molar-refractivity contribution is 9.10. The van der Waals surface area contributed by atoms with Gasteiger partial charge in [-0.1, -0.05) is 46.9 Å². The molecule has 0 aliphatic carbocycles. The van der Waals surface area contributed by atoms with E-state index in [-0.39, 0.29) is 6.10 Å². The molecule has 1 aromatic rings. The van der Waals surface area contributed by atoms with Crippen LogP contribution in [0.5, 0.6) is 0 Å². The number of rotatable bonds is 7. The first kappa shape index (κ1) is 16.0. The second-order valence-electron chi connectivity index (χ2n) is 4.29. The molecule has 1 N–H and O–H groups in total. The molecule has 0 aromatic heterocycles. The highest BCUT2D eigenvalue weighted by atomic mass is 79.9. The molecular formula is C14H20BrClO2. The highest BCUT2D eigenvalue weighted by Crippen LogP contribution is 2.24. The molecule has 0 saturated carbocycles. The van der Waals surface area contributed by atoms with E-state index in [1.54, 1.807) is 0 Å². The molecule has 0 bridgehead atoms. The Labute approximate surface area is 122 Å². The lowest BCUT2D eigenvalue weighted by Gasteiger charge is -2.23. The summed E-state index contributed by atoms with van der Waals surface area (Å²) >= 11 is 9.52. The van der Waals surface area contributed by atoms with Crippen LogP contribution in [0.15, 0.2) is 22.7 Å². The predicted octanol–water partition coefficient (Wildman–Crippen LogP) is 4.21. The average Bonchev–Trinajstić information content (AvgIpc) is 2.32. The van der Waals surface area contributed by atoms with E-state index < -0.39 is 6.10 Å². The van der Waals surface area contributed by atoms with Crippen molar-refractivity contribution in [3.63, 3.8) is 0 Å². The number of ether oxygens (including phenoxy) is 1. The molecule has 0 radical (unpaired) electrons. The van der Waals surface area contributed by atoms with E-state index in [9.17, 15) is 5.11 Å². The Bertz CT molecular complexity index is 365. The molecule has 4 heteroatoms. The van der Waals surface area contributed by atoms with Gasteiger partial charge in [0.25, 0.3) is 0 Å². The monoisotopic (exact) mass is 334 g/mol. The third-order valence-corrected chi connectivity index (χ3v) is 3.67. The van der Waals surface area contributed by atoms with Crippen molar-refractivity contribution in [1.29, 1.82) is 0 Å². The van der Waals surface area contributed by atoms with Gasteiger partial charge in [0.15, 0.2) is 0 Å². The molecule has 2 nitrogen and oxygen atoms in total. The topological polar surface area (TPSA) is 29.5 Å². The molecule has 0 heterocycles. The van der Waals surface area contributed by atoms with E-state index >= 15 is 0 Å². The van der Waals surface area contributed by atoms with Crippen molar-refractivity contribution in [3.05, 3.63) is 33.3 Å². The zero-order valence-corrected chi connectivity index (χ0v) is 13.2. The minimum atomic E-state index is -0.511. The van der Waals surface area contributed by atoms with Crippen LogP contribution in [-0.2, 0) is 11.2 Å². The third-order valence-electron chi connectivity index (χ3n) is 2.83. The van der Waals surface area contributed by atoms with Crippen LogP contribution < -0.4 is 0 Å². The lowest BCUT2D eigenvalue weighted by Crippen LogP contribution is -2.31. The summed E-state index contributed by atoms with van der Waals surface area (Å²) in [5, 5.41) is 10.9. The van der Waals surface area contributed by atoms with Crippen molar-refractivity contribution in [2.75, 3.05) is 6.61 Å². The van der Waals surface area contributed by atoms with E-state index in [0.29, 0.717) is 18.1 Å². The molecule has 18 heavy (non-hydrogen) atoms. The van der Waals surface area contributed by atoms with Crippen molar-refractivity contribution in [3.8, 4) is 0 Å². The average molecular weight is 336 g/mol. The van der Waals surface area contributed by atoms with Gasteiger partial charge < -0.3 is 9.84 Å². The summed E-state index contributed by atoms with van der Waals surface area (Å²) in [7, 11) is 0. The highest BCUT2D eigenvalue weighted by Gasteiger charge is 2.20. The smallest absolute Gasteiger partial charge is 0.0842 e. The van der Waals surface area contributed by atoms with Gasteiger partial charge in [0, 0.05) is 22.5 Å². The first-order chi connectivity index (χ1) is 8.58. The molecule has 102 valence electrons. The van der Waals surface area contributed by atoms with Gasteiger partial charge in [0.2, 0.25) is 0 Å². The quantitative estimate of drug-likeness (QED) is 0.809. The second kappa shape index (κ2) is 8.16. The Hall–Kier alpha value is -0.0900. The van der Waals surface area contributed by atoms with E-state index in [1.165, 1.54) is 0 Å². The fourth-order valence-electron chi connectivity index (χ4n) is 1.93. The second-order valence-corrected chi connectivity index (χ2v) is 5.61. The van der Waals surface area contributed by atoms with Gasteiger partial charge in [-0.2, -0.15) is 0 Å². The number of aliphatic hydroxyl groups excluding tert-OH is 1. The molecule has 0 saturated heterocycles. The van der Waals surface area contributed by atoms with Gasteiger partial charge in [-0.15, -0.1) is 0 Å². The van der Waals surface area contributed by atoms with Crippen molar-refractivity contribution in [1.82, 2.24) is 0 Å². The first-order valence-corrected chi connectivity index (χ1v) is 7.49. The summed E-state index contributed by atoms with van der Waals surface area (Å²) in [4.78, 5) is 0. The van der Waals surface area contributed by atoms with Crippen molar-refractivity contribution >= 4 is 27.5 Å². The standard InChI is InChI=1S/C14H20BrClO2/c1-3-5-14(18-4-2)13(17)8-10-6-7-11(15)9-12(10)16/h6-7,9,13-14,17H,3-5,8H2,1-2H3. The van der Waals surface area contributed by atoms with E-state index in [0.717, 1.165) is 22.9 Å². The first-order valence-electron chi connectivity index (χ1n) is 6.32. The minimum Gasteiger partial charge on any atom is -0.390 e. The third kappa shape index (κ3) is 4.88. The van der Waals surface area contributed by atoms with Crippen molar-refractivity contribution < 1.29 is 9.84 Å². The van der Waals surface area contributed by atoms with E-state index in [2.05, 4.69) is 22.9 Å². The van der Waals surface area contributed by atoms with Gasteiger partial charge >= 0.3 is 0 Å². The van der Waals surface area contributed by atoms with Crippen LogP contribution in [0, 0.1) is 0 Å². The molecule has 0 aliphatic heterocycles. The Morgan fingerprint density at radius 1 is 1.39 bits per heavy atom. The van der Waals surface area contributed by atoms with Crippen LogP contribution >= 0.6 is 27.5 Å². The van der Waals surface area contributed by atoms with Gasteiger partial charge in [-0.25, -0.2) is 0 Å². The zero-order chi connectivity index (χ0) is 13.5. The number of hydrogen-bond donors (Lipinski definition) is 1. The van der Waals surface area contributed by atoms with Gasteiger partial charge in [-0.05, 0) is 31.0 Å². The largest absolute Gasteiger partial charge is 0.390 e. The van der Waals surface area contributed by atoms with Crippen LogP contribution in [-0.4, -0.2) is 23.9 Å². The number of aliphatic hydroxyl groups is 1. The maximum Gasteiger partial charge on any atom is 0.0842 e. The molecule has 1 rings (SSSR count). The molecular weight excluding hydrogens is 316 g/mol. The number of halogens is 2. The maximum absolute atomic E-state index is 10.2. The Morgan fingerprint density at radius 3 is 2.67 bits per heavy atom. The van der Waals surface area contributed by atoms with Gasteiger partial charge in [-0.3, -0.25) is 0 Å². The summed E-state index contributed by atoms with van der Waals surface area (Å²) in [5.41, 5.74) is 0.952. The van der Waals surface area contributed by atoms with Crippen LogP contribution in [0.1, 0.15) is 32.3 Å². The molecule has 0 amide bonds. The summed E-state index contributed by atoms with van der Waals surface area (Å²) < 4.78 is 6.52. The number of benzene rings is 1. The Morgan fingerprint density at radius 2 is 2.11 bits per heavy atom. The van der Waals surface area contributed by atoms with E-state index in [1.807, 2.05) is 25.1 Å². The summed E-state index contributed by atoms with van der Waals surface area (Å²) in [6.45, 7) is 4.66. The minimum absolute atomic E-state index is 0.111. The SMILES string of the molecule is CCCC(OCC)C(O)Cc1ccc(Br)cc1Cl. The lowest BCUT2D eigenvalue weighted by molar-refractivity contribution is -0.0363. The van der Waals surface area contributed by atoms with Crippen LogP contribution in [0.25, 0.3) is 0 Å². The number of hydrogen-bond acceptors (Lipinski definition) is 2. The van der Waals surface area contributed by atoms with E-state index in [4.69, 9.17) is 16.3 Å². The zero-order valence-electron chi connectivity index (χ0n) is 10.8. The van der Waals surface area contributed by atoms with Crippen LogP contribution in [0.4, 0.5) is 0 Å². The van der Waals surface area contributed by atoms with Crippen LogP contribution in [0.3, 0.4) is 0 Å². The predicted molar refractivity (Wildman–Crippen MR) is 79.2 cm³/mol. The Balaban J connectivity index is 2.69. The van der Waals surface area contributed by atoms with Gasteiger partial charge in [0.1, 0.15) is 0 Å². The summed E-state index contributed by atoms with van der Waals surface area (Å²) in [6.07, 6.45) is 1.76. The lowest BCUT2D eigenvalue weighted by atomic mass is 10.0. The molecule has 2 unspecified atom stereocenters. The fourth-order valence-corrected chi connectivity index (χ4v) is 2.68. The molecule has 2 atom stereocenters. The maximum atomic E-state index is 10.2. The van der Waals surface area contributed by atoms with Crippen LogP contribution in [0.2, 0.25) is 5.02 Å². The molecule has 0 fully saturated rings. The molecule has 0 aliphatic rings. The molecule has 1 aromatic carbocycles. The normalized spacial score (nSPS) is 14.5. The van der Waals surface area contributed by atoms with Gasteiger partial charge in [0.05, 0.1) is 12.2 Å². The van der Waals surface area contributed by atoms with Crippen molar-refractivity contribution in [2.24, 2.45) is 0 Å². The Kier molecular flexibility index (Phi) is 7.23. The van der Waals surface area contributed by atoms with Crippen molar-refractivity contribution in [2.45, 2.75) is 45.3 Å². The summed E-state index contributed by atoms with van der Waals surface area (Å²) in [5.74, 6) is 0. The summed E-state index contributed by atoms with van der Waals surface area (Å²) in [6, 6.07) is 5.72. The fraction of sp³-hybridized carbons (Fsp3) is 0.571.